The number of aliphatic hydroxyl groups is 1. The van der Waals surface area contributed by atoms with Gasteiger partial charge in [-0.2, -0.15) is 0 Å². The first-order valence-corrected chi connectivity index (χ1v) is 4.13. The molecule has 0 spiro atoms. The van der Waals surface area contributed by atoms with Crippen molar-refractivity contribution in [3.8, 4) is 0 Å². The Morgan fingerprint density at radius 2 is 2.58 bits per heavy atom. The minimum Gasteiger partial charge on any atom is -0.396 e. The lowest BCUT2D eigenvalue weighted by atomic mass is 10.3. The predicted molar refractivity (Wildman–Crippen MR) is 42.7 cm³/mol. The molecule has 0 fully saturated rings. The molecule has 1 aromatic heterocycles. The van der Waals surface area contributed by atoms with E-state index in [1.165, 1.54) is 0 Å². The summed E-state index contributed by atoms with van der Waals surface area (Å²) in [5, 5.41) is 8.70. The van der Waals surface area contributed by atoms with Gasteiger partial charge >= 0.3 is 0 Å². The summed E-state index contributed by atoms with van der Waals surface area (Å²) >= 11 is 0. The van der Waals surface area contributed by atoms with Crippen LogP contribution < -0.4 is 0 Å². The number of aromatic nitrogens is 2. The number of hydrogen-bond donors (Lipinski definition) is 1. The van der Waals surface area contributed by atoms with Crippen molar-refractivity contribution >= 4 is 0 Å². The maximum atomic E-state index is 8.70. The molecule has 4 heteroatoms. The zero-order valence-electron chi connectivity index (χ0n) is 6.86. The van der Waals surface area contributed by atoms with Crippen molar-refractivity contribution in [1.82, 2.24) is 9.55 Å². The summed E-state index contributed by atoms with van der Waals surface area (Å²) in [6.45, 7) is 2.42. The van der Waals surface area contributed by atoms with Crippen LogP contribution in [-0.2, 0) is 24.3 Å². The molecule has 12 heavy (non-hydrogen) atoms. The van der Waals surface area contributed by atoms with E-state index in [0.29, 0.717) is 13.0 Å². The highest BCUT2D eigenvalue weighted by Gasteiger charge is 2.11. The maximum absolute atomic E-state index is 8.70. The van der Waals surface area contributed by atoms with Crippen LogP contribution in [0.15, 0.2) is 6.20 Å². The van der Waals surface area contributed by atoms with Gasteiger partial charge in [-0.15, -0.1) is 0 Å². The molecule has 4 nitrogen and oxygen atoms in total. The number of ether oxygens (including phenoxy) is 1. The minimum absolute atomic E-state index is 0.164. The highest BCUT2D eigenvalue weighted by Crippen LogP contribution is 2.09. The number of fused-ring (bicyclic) bond motifs is 1. The lowest BCUT2D eigenvalue weighted by Gasteiger charge is -2.13. The van der Waals surface area contributed by atoms with Gasteiger partial charge < -0.3 is 14.4 Å². The Hall–Kier alpha value is -0.870. The summed E-state index contributed by atoms with van der Waals surface area (Å²) in [6.07, 6.45) is 2.63. The van der Waals surface area contributed by atoms with Crippen molar-refractivity contribution in [2.75, 3.05) is 13.2 Å². The van der Waals surface area contributed by atoms with E-state index >= 15 is 0 Å². The Morgan fingerprint density at radius 3 is 3.33 bits per heavy atom. The standard InChI is InChI=1S/C8H12N2O2/c11-3-1-7-5-10-2-4-12-6-8(10)9-7/h5,11H,1-4,6H2. The monoisotopic (exact) mass is 168 g/mol. The topological polar surface area (TPSA) is 47.3 Å². The summed E-state index contributed by atoms with van der Waals surface area (Å²) in [5.74, 6) is 0.977. The Balaban J connectivity index is 2.20. The van der Waals surface area contributed by atoms with Crippen LogP contribution in [0.3, 0.4) is 0 Å². The molecule has 0 saturated carbocycles. The molecule has 0 saturated heterocycles. The van der Waals surface area contributed by atoms with Crippen LogP contribution in [0.5, 0.6) is 0 Å². The second-order valence-electron chi connectivity index (χ2n) is 2.87. The number of rotatable bonds is 2. The normalized spacial score (nSPS) is 16.1. The van der Waals surface area contributed by atoms with Gasteiger partial charge in [-0.3, -0.25) is 0 Å². The Morgan fingerprint density at radius 1 is 1.67 bits per heavy atom. The Labute approximate surface area is 70.8 Å². The van der Waals surface area contributed by atoms with Gasteiger partial charge in [0, 0.05) is 25.8 Å². The van der Waals surface area contributed by atoms with E-state index in [9.17, 15) is 0 Å². The molecule has 1 N–H and O–H groups in total. The van der Waals surface area contributed by atoms with Crippen molar-refractivity contribution < 1.29 is 9.84 Å². The van der Waals surface area contributed by atoms with E-state index in [-0.39, 0.29) is 6.61 Å². The smallest absolute Gasteiger partial charge is 0.135 e. The first-order chi connectivity index (χ1) is 5.90. The van der Waals surface area contributed by atoms with Crippen molar-refractivity contribution in [3.63, 3.8) is 0 Å². The van der Waals surface area contributed by atoms with Gasteiger partial charge in [-0.1, -0.05) is 0 Å². The van der Waals surface area contributed by atoms with Crippen LogP contribution in [-0.4, -0.2) is 27.9 Å². The largest absolute Gasteiger partial charge is 0.396 e. The third kappa shape index (κ3) is 1.35. The molecule has 1 aromatic rings. The predicted octanol–water partition coefficient (Wildman–Crippen LogP) is -0.0519. The van der Waals surface area contributed by atoms with Crippen molar-refractivity contribution in [3.05, 3.63) is 17.7 Å². The second-order valence-corrected chi connectivity index (χ2v) is 2.87. The van der Waals surface area contributed by atoms with E-state index in [2.05, 4.69) is 9.55 Å². The summed E-state index contributed by atoms with van der Waals surface area (Å²) in [5.41, 5.74) is 0.956. The van der Waals surface area contributed by atoms with Gasteiger partial charge in [-0.25, -0.2) is 4.98 Å². The summed E-state index contributed by atoms with van der Waals surface area (Å²) in [4.78, 5) is 4.32. The van der Waals surface area contributed by atoms with Gasteiger partial charge in [-0.05, 0) is 0 Å². The average molecular weight is 168 g/mol. The quantitative estimate of drug-likeness (QED) is 0.673. The number of nitrogens with zero attached hydrogens (tertiary/aromatic N) is 2. The van der Waals surface area contributed by atoms with E-state index < -0.39 is 0 Å². The zero-order chi connectivity index (χ0) is 8.39. The van der Waals surface area contributed by atoms with Crippen LogP contribution in [0.2, 0.25) is 0 Å². The summed E-state index contributed by atoms with van der Waals surface area (Å²) in [6, 6.07) is 0. The molecule has 66 valence electrons. The van der Waals surface area contributed by atoms with Crippen LogP contribution in [0.25, 0.3) is 0 Å². The molecule has 0 radical (unpaired) electrons. The van der Waals surface area contributed by atoms with Crippen molar-refractivity contribution in [2.24, 2.45) is 0 Å². The van der Waals surface area contributed by atoms with Crippen molar-refractivity contribution in [2.45, 2.75) is 19.6 Å². The van der Waals surface area contributed by atoms with Gasteiger partial charge in [0.15, 0.2) is 0 Å². The van der Waals surface area contributed by atoms with E-state index in [1.807, 2.05) is 6.20 Å². The summed E-state index contributed by atoms with van der Waals surface area (Å²) in [7, 11) is 0. The lowest BCUT2D eigenvalue weighted by molar-refractivity contribution is 0.0816. The third-order valence-electron chi connectivity index (χ3n) is 1.98. The third-order valence-corrected chi connectivity index (χ3v) is 1.98. The Kier molecular flexibility index (Phi) is 2.10. The fourth-order valence-electron chi connectivity index (χ4n) is 1.38. The molecule has 2 heterocycles. The second kappa shape index (κ2) is 3.25. The fourth-order valence-corrected chi connectivity index (χ4v) is 1.38. The first-order valence-electron chi connectivity index (χ1n) is 4.13. The van der Waals surface area contributed by atoms with Crippen LogP contribution in [0.4, 0.5) is 0 Å². The molecule has 0 aliphatic carbocycles. The highest BCUT2D eigenvalue weighted by molar-refractivity contribution is 5.04. The first kappa shape index (κ1) is 7.76. The molecule has 0 amide bonds. The van der Waals surface area contributed by atoms with Gasteiger partial charge in [0.1, 0.15) is 12.4 Å². The highest BCUT2D eigenvalue weighted by atomic mass is 16.5. The molecule has 1 aliphatic heterocycles. The van der Waals surface area contributed by atoms with E-state index in [4.69, 9.17) is 9.84 Å². The van der Waals surface area contributed by atoms with Crippen LogP contribution >= 0.6 is 0 Å². The van der Waals surface area contributed by atoms with Gasteiger partial charge in [0.05, 0.1) is 12.3 Å². The van der Waals surface area contributed by atoms with Gasteiger partial charge in [0.2, 0.25) is 0 Å². The molecule has 0 atom stereocenters. The molecule has 1 aliphatic rings. The molecular weight excluding hydrogens is 156 g/mol. The zero-order valence-corrected chi connectivity index (χ0v) is 6.86. The molecule has 0 aromatic carbocycles. The summed E-state index contributed by atoms with van der Waals surface area (Å²) < 4.78 is 7.33. The minimum atomic E-state index is 0.164. The fraction of sp³-hybridized carbons (Fsp3) is 0.625. The van der Waals surface area contributed by atoms with Crippen LogP contribution in [0, 0.1) is 0 Å². The average Bonchev–Trinajstić information content (AvgIpc) is 2.47. The molecule has 0 bridgehead atoms. The number of imidazole rings is 1. The maximum Gasteiger partial charge on any atom is 0.135 e. The van der Waals surface area contributed by atoms with E-state index in [0.717, 1.165) is 24.7 Å². The SMILES string of the molecule is OCCc1cn2c(n1)COCC2. The lowest BCUT2D eigenvalue weighted by Crippen LogP contribution is -2.15. The van der Waals surface area contributed by atoms with Gasteiger partial charge in [0.25, 0.3) is 0 Å². The van der Waals surface area contributed by atoms with E-state index in [1.54, 1.807) is 0 Å². The molecular formula is C8H12N2O2. The molecule has 0 unspecified atom stereocenters. The Bertz CT molecular complexity index is 247. The molecule has 2 rings (SSSR count). The van der Waals surface area contributed by atoms with Crippen LogP contribution in [0.1, 0.15) is 11.5 Å². The number of aliphatic hydroxyl groups excluding tert-OH is 1. The number of hydrogen-bond acceptors (Lipinski definition) is 3. The van der Waals surface area contributed by atoms with Crippen molar-refractivity contribution in [1.29, 1.82) is 0 Å².